The fourth-order valence-corrected chi connectivity index (χ4v) is 3.48. The molecule has 1 fully saturated rings. The predicted octanol–water partition coefficient (Wildman–Crippen LogP) is 1.98. The van der Waals surface area contributed by atoms with Crippen molar-refractivity contribution in [1.82, 2.24) is 14.5 Å². The summed E-state index contributed by atoms with van der Waals surface area (Å²) in [7, 11) is 1.76. The van der Waals surface area contributed by atoms with Gasteiger partial charge in [0.05, 0.1) is 17.2 Å². The third kappa shape index (κ3) is 4.53. The Morgan fingerprint density at radius 2 is 1.93 bits per heavy atom. The highest BCUT2D eigenvalue weighted by Gasteiger charge is 2.25. The smallest absolute Gasteiger partial charge is 0.326 e. The summed E-state index contributed by atoms with van der Waals surface area (Å²) in [6, 6.07) is 7.15. The molecule has 0 atom stereocenters. The molecular weight excluding hydrogens is 346 g/mol. The van der Waals surface area contributed by atoms with Gasteiger partial charge in [0.25, 0.3) is 11.5 Å². The number of carbonyl (C=O) groups is 2. The SMILES string of the molecule is CC1CCC(N(C)C(=O)COC(=O)Cn2cnc3ccccc3c2=O)CC1. The molecule has 0 aliphatic heterocycles. The molecule has 0 radical (unpaired) electrons. The van der Waals surface area contributed by atoms with E-state index in [2.05, 4.69) is 11.9 Å². The molecule has 27 heavy (non-hydrogen) atoms. The first-order valence-corrected chi connectivity index (χ1v) is 9.31. The number of carbonyl (C=O) groups excluding carboxylic acids is 2. The molecule has 1 heterocycles. The van der Waals surface area contributed by atoms with Crippen LogP contribution in [0.5, 0.6) is 0 Å². The van der Waals surface area contributed by atoms with Crippen molar-refractivity contribution in [2.24, 2.45) is 5.92 Å². The van der Waals surface area contributed by atoms with E-state index >= 15 is 0 Å². The molecule has 7 nitrogen and oxygen atoms in total. The van der Waals surface area contributed by atoms with E-state index in [1.54, 1.807) is 36.2 Å². The monoisotopic (exact) mass is 371 g/mol. The quantitative estimate of drug-likeness (QED) is 0.751. The Bertz CT molecular complexity index is 884. The second kappa shape index (κ2) is 8.33. The first-order valence-electron chi connectivity index (χ1n) is 9.31. The van der Waals surface area contributed by atoms with E-state index in [9.17, 15) is 14.4 Å². The van der Waals surface area contributed by atoms with Crippen LogP contribution < -0.4 is 5.56 Å². The largest absolute Gasteiger partial charge is 0.454 e. The number of aromatic nitrogens is 2. The number of likely N-dealkylation sites (N-methyl/N-ethyl adjacent to an activating group) is 1. The van der Waals surface area contributed by atoms with Crippen LogP contribution in [0.2, 0.25) is 0 Å². The molecular formula is C20H25N3O4. The van der Waals surface area contributed by atoms with Crippen LogP contribution in [0.25, 0.3) is 10.9 Å². The Kier molecular flexibility index (Phi) is 5.88. The van der Waals surface area contributed by atoms with Crippen molar-refractivity contribution in [1.29, 1.82) is 0 Å². The van der Waals surface area contributed by atoms with Crippen molar-refractivity contribution in [3.63, 3.8) is 0 Å². The number of fused-ring (bicyclic) bond motifs is 1. The third-order valence-electron chi connectivity index (χ3n) is 5.31. The van der Waals surface area contributed by atoms with Gasteiger partial charge in [-0.1, -0.05) is 19.1 Å². The molecule has 0 bridgehead atoms. The summed E-state index contributed by atoms with van der Waals surface area (Å²) in [4.78, 5) is 42.6. The summed E-state index contributed by atoms with van der Waals surface area (Å²) in [5.74, 6) is -0.142. The lowest BCUT2D eigenvalue weighted by Gasteiger charge is -2.33. The van der Waals surface area contributed by atoms with Gasteiger partial charge in [-0.25, -0.2) is 4.98 Å². The lowest BCUT2D eigenvalue weighted by atomic mass is 9.87. The number of para-hydroxylation sites is 1. The fourth-order valence-electron chi connectivity index (χ4n) is 3.48. The molecule has 1 aliphatic carbocycles. The Morgan fingerprint density at radius 3 is 2.67 bits per heavy atom. The first kappa shape index (κ1) is 19.1. The van der Waals surface area contributed by atoms with Crippen LogP contribution in [0, 0.1) is 5.92 Å². The molecule has 0 unspecified atom stereocenters. The Morgan fingerprint density at radius 1 is 1.22 bits per heavy atom. The van der Waals surface area contributed by atoms with Crippen molar-refractivity contribution in [3.8, 4) is 0 Å². The maximum absolute atomic E-state index is 12.4. The highest BCUT2D eigenvalue weighted by atomic mass is 16.5. The zero-order valence-electron chi connectivity index (χ0n) is 15.8. The van der Waals surface area contributed by atoms with Crippen LogP contribution in [-0.2, 0) is 20.9 Å². The zero-order valence-corrected chi connectivity index (χ0v) is 15.8. The standard InChI is InChI=1S/C20H25N3O4/c1-14-7-9-15(10-8-14)22(2)18(24)12-27-19(25)11-23-13-21-17-6-4-3-5-16(17)20(23)26/h3-6,13-15H,7-12H2,1-2H3. The Balaban J connectivity index is 1.54. The average molecular weight is 371 g/mol. The van der Waals surface area contributed by atoms with Crippen LogP contribution in [-0.4, -0.2) is 46.0 Å². The van der Waals surface area contributed by atoms with E-state index in [4.69, 9.17) is 4.74 Å². The van der Waals surface area contributed by atoms with Gasteiger partial charge in [0.1, 0.15) is 6.54 Å². The molecule has 3 rings (SSSR count). The molecule has 0 saturated heterocycles. The van der Waals surface area contributed by atoms with Gasteiger partial charge in [-0.05, 0) is 43.7 Å². The maximum atomic E-state index is 12.4. The maximum Gasteiger partial charge on any atom is 0.326 e. The fraction of sp³-hybridized carbons (Fsp3) is 0.500. The lowest BCUT2D eigenvalue weighted by molar-refractivity contribution is -0.153. The van der Waals surface area contributed by atoms with Crippen molar-refractivity contribution < 1.29 is 14.3 Å². The Hall–Kier alpha value is -2.70. The Labute approximate surface area is 157 Å². The van der Waals surface area contributed by atoms with Crippen molar-refractivity contribution in [2.75, 3.05) is 13.7 Å². The van der Waals surface area contributed by atoms with E-state index < -0.39 is 5.97 Å². The number of ether oxygens (including phenoxy) is 1. The number of hydrogen-bond acceptors (Lipinski definition) is 5. The van der Waals surface area contributed by atoms with E-state index in [1.165, 1.54) is 10.9 Å². The van der Waals surface area contributed by atoms with Crippen molar-refractivity contribution >= 4 is 22.8 Å². The van der Waals surface area contributed by atoms with E-state index in [1.807, 2.05) is 0 Å². The molecule has 1 saturated carbocycles. The van der Waals surface area contributed by atoms with Crippen LogP contribution in [0.4, 0.5) is 0 Å². The molecule has 1 amide bonds. The molecule has 0 N–H and O–H groups in total. The number of nitrogens with zero attached hydrogens (tertiary/aromatic N) is 3. The number of esters is 1. The van der Waals surface area contributed by atoms with Gasteiger partial charge in [-0.3, -0.25) is 19.0 Å². The number of hydrogen-bond donors (Lipinski definition) is 0. The zero-order chi connectivity index (χ0) is 19.4. The van der Waals surface area contributed by atoms with Crippen LogP contribution >= 0.6 is 0 Å². The summed E-state index contributed by atoms with van der Waals surface area (Å²) in [5.41, 5.74) is 0.267. The van der Waals surface area contributed by atoms with Gasteiger partial charge in [0.2, 0.25) is 0 Å². The van der Waals surface area contributed by atoms with Crippen molar-refractivity contribution in [3.05, 3.63) is 40.9 Å². The summed E-state index contributed by atoms with van der Waals surface area (Å²) in [6.45, 7) is 1.65. The lowest BCUT2D eigenvalue weighted by Crippen LogP contribution is -2.41. The second-order valence-corrected chi connectivity index (χ2v) is 7.27. The second-order valence-electron chi connectivity index (χ2n) is 7.27. The van der Waals surface area contributed by atoms with Crippen LogP contribution in [0.15, 0.2) is 35.4 Å². The highest BCUT2D eigenvalue weighted by Crippen LogP contribution is 2.26. The summed E-state index contributed by atoms with van der Waals surface area (Å²) >= 11 is 0. The molecule has 1 aliphatic rings. The first-order chi connectivity index (χ1) is 13.0. The minimum Gasteiger partial charge on any atom is -0.454 e. The van der Waals surface area contributed by atoms with E-state index in [-0.39, 0.29) is 30.7 Å². The van der Waals surface area contributed by atoms with Crippen LogP contribution in [0.1, 0.15) is 32.6 Å². The molecule has 1 aromatic carbocycles. The van der Waals surface area contributed by atoms with Gasteiger partial charge in [0, 0.05) is 13.1 Å². The van der Waals surface area contributed by atoms with Gasteiger partial charge in [-0.15, -0.1) is 0 Å². The molecule has 2 aromatic rings. The van der Waals surface area contributed by atoms with E-state index in [0.29, 0.717) is 16.8 Å². The molecule has 144 valence electrons. The molecule has 0 spiro atoms. The van der Waals surface area contributed by atoms with Gasteiger partial charge in [-0.2, -0.15) is 0 Å². The minimum absolute atomic E-state index is 0.208. The topological polar surface area (TPSA) is 81.5 Å². The highest BCUT2D eigenvalue weighted by molar-refractivity contribution is 5.81. The number of amides is 1. The van der Waals surface area contributed by atoms with Crippen LogP contribution in [0.3, 0.4) is 0 Å². The third-order valence-corrected chi connectivity index (χ3v) is 5.31. The van der Waals surface area contributed by atoms with Gasteiger partial charge >= 0.3 is 5.97 Å². The molecule has 7 heteroatoms. The normalized spacial score (nSPS) is 19.6. The minimum atomic E-state index is -0.631. The van der Waals surface area contributed by atoms with Gasteiger partial charge in [0.15, 0.2) is 6.61 Å². The number of rotatable bonds is 5. The van der Waals surface area contributed by atoms with Gasteiger partial charge < -0.3 is 9.64 Å². The predicted molar refractivity (Wildman–Crippen MR) is 101 cm³/mol. The van der Waals surface area contributed by atoms with Crippen molar-refractivity contribution in [2.45, 2.75) is 45.2 Å². The summed E-state index contributed by atoms with van der Waals surface area (Å²) in [5, 5.41) is 0.440. The average Bonchev–Trinajstić information content (AvgIpc) is 2.68. The summed E-state index contributed by atoms with van der Waals surface area (Å²) in [6.07, 6.45) is 5.51. The molecule has 1 aromatic heterocycles. The van der Waals surface area contributed by atoms with E-state index in [0.717, 1.165) is 25.7 Å². The summed E-state index contributed by atoms with van der Waals surface area (Å²) < 4.78 is 6.29. The number of benzene rings is 1.